The van der Waals surface area contributed by atoms with Gasteiger partial charge in [-0.2, -0.15) is 0 Å². The molecule has 0 aliphatic carbocycles. The molecule has 0 aliphatic rings. The van der Waals surface area contributed by atoms with Crippen LogP contribution in [-0.2, 0) is 0 Å². The summed E-state index contributed by atoms with van der Waals surface area (Å²) < 4.78 is 1.13. The molecule has 1 aromatic rings. The average molecular weight is 281 g/mol. The highest BCUT2D eigenvalue weighted by atomic mass is 79.9. The zero-order valence-electron chi connectivity index (χ0n) is 9.68. The number of hydrogen-bond donors (Lipinski definition) is 2. The lowest BCUT2D eigenvalue weighted by molar-refractivity contribution is 0.581. The quantitative estimate of drug-likeness (QED) is 0.832. The molecule has 1 unspecified atom stereocenters. The standard InChI is InChI=1S/C13H17BrN2/c1-3-4-7-16-13(9-15)11-5-6-12(14)10(2)8-11/h5-6,8,13,16H,7,9,15H2,1-2H3. The molecule has 0 spiro atoms. The second-order valence-electron chi connectivity index (χ2n) is 3.60. The van der Waals surface area contributed by atoms with E-state index in [2.05, 4.69) is 58.2 Å². The van der Waals surface area contributed by atoms with Gasteiger partial charge in [0.05, 0.1) is 6.54 Å². The molecule has 1 rings (SSSR count). The third kappa shape index (κ3) is 3.64. The van der Waals surface area contributed by atoms with Crippen molar-refractivity contribution in [1.82, 2.24) is 5.32 Å². The second kappa shape index (κ2) is 6.70. The summed E-state index contributed by atoms with van der Waals surface area (Å²) >= 11 is 3.49. The first kappa shape index (κ1) is 13.2. The number of hydrogen-bond acceptors (Lipinski definition) is 2. The molecule has 0 radical (unpaired) electrons. The number of nitrogens with one attached hydrogen (secondary N) is 1. The lowest BCUT2D eigenvalue weighted by Crippen LogP contribution is -2.28. The van der Waals surface area contributed by atoms with Crippen molar-refractivity contribution in [3.05, 3.63) is 33.8 Å². The molecular weight excluding hydrogens is 264 g/mol. The van der Waals surface area contributed by atoms with E-state index in [4.69, 9.17) is 5.73 Å². The van der Waals surface area contributed by atoms with Crippen LogP contribution in [-0.4, -0.2) is 13.1 Å². The van der Waals surface area contributed by atoms with Gasteiger partial charge in [-0.3, -0.25) is 5.32 Å². The summed E-state index contributed by atoms with van der Waals surface area (Å²) in [6, 6.07) is 6.46. The van der Waals surface area contributed by atoms with Crippen molar-refractivity contribution in [2.75, 3.05) is 13.1 Å². The van der Waals surface area contributed by atoms with Gasteiger partial charge in [0.25, 0.3) is 0 Å². The minimum Gasteiger partial charge on any atom is -0.329 e. The Morgan fingerprint density at radius 2 is 2.25 bits per heavy atom. The summed E-state index contributed by atoms with van der Waals surface area (Å²) in [5.74, 6) is 5.84. The molecule has 2 nitrogen and oxygen atoms in total. The molecule has 0 aliphatic heterocycles. The first-order chi connectivity index (χ1) is 7.69. The number of halogens is 1. The number of benzene rings is 1. The molecule has 0 amide bonds. The molecule has 0 bridgehead atoms. The van der Waals surface area contributed by atoms with Crippen LogP contribution in [0.3, 0.4) is 0 Å². The van der Waals surface area contributed by atoms with Gasteiger partial charge < -0.3 is 5.73 Å². The van der Waals surface area contributed by atoms with Crippen LogP contribution in [0.4, 0.5) is 0 Å². The van der Waals surface area contributed by atoms with Crippen LogP contribution in [0.5, 0.6) is 0 Å². The van der Waals surface area contributed by atoms with Gasteiger partial charge in [0.2, 0.25) is 0 Å². The summed E-state index contributed by atoms with van der Waals surface area (Å²) in [5.41, 5.74) is 8.18. The van der Waals surface area contributed by atoms with Crippen molar-refractivity contribution >= 4 is 15.9 Å². The van der Waals surface area contributed by atoms with E-state index >= 15 is 0 Å². The van der Waals surface area contributed by atoms with Gasteiger partial charge in [-0.25, -0.2) is 0 Å². The molecule has 86 valence electrons. The molecule has 0 aromatic heterocycles. The molecule has 0 saturated carbocycles. The van der Waals surface area contributed by atoms with Crippen LogP contribution in [0, 0.1) is 18.8 Å². The largest absolute Gasteiger partial charge is 0.329 e. The fourth-order valence-corrected chi connectivity index (χ4v) is 1.73. The smallest absolute Gasteiger partial charge is 0.0581 e. The van der Waals surface area contributed by atoms with Crippen LogP contribution in [0.2, 0.25) is 0 Å². The lowest BCUT2D eigenvalue weighted by Gasteiger charge is -2.16. The van der Waals surface area contributed by atoms with E-state index in [1.165, 1.54) is 11.1 Å². The van der Waals surface area contributed by atoms with Crippen molar-refractivity contribution in [2.24, 2.45) is 5.73 Å². The molecule has 1 aromatic carbocycles. The second-order valence-corrected chi connectivity index (χ2v) is 4.46. The van der Waals surface area contributed by atoms with Gasteiger partial charge in [-0.05, 0) is 31.0 Å². The monoisotopic (exact) mass is 280 g/mol. The van der Waals surface area contributed by atoms with E-state index < -0.39 is 0 Å². The van der Waals surface area contributed by atoms with Crippen LogP contribution in [0.1, 0.15) is 24.1 Å². The molecular formula is C13H17BrN2. The van der Waals surface area contributed by atoms with Gasteiger partial charge in [-0.15, -0.1) is 5.92 Å². The average Bonchev–Trinajstić information content (AvgIpc) is 2.29. The summed E-state index contributed by atoms with van der Waals surface area (Å²) in [6.07, 6.45) is 0. The van der Waals surface area contributed by atoms with Crippen LogP contribution >= 0.6 is 15.9 Å². The van der Waals surface area contributed by atoms with Crippen LogP contribution in [0.15, 0.2) is 22.7 Å². The number of rotatable bonds is 4. The summed E-state index contributed by atoms with van der Waals surface area (Å²) in [5, 5.41) is 3.32. The fraction of sp³-hybridized carbons (Fsp3) is 0.385. The van der Waals surface area contributed by atoms with Gasteiger partial charge in [-0.1, -0.05) is 34.0 Å². The molecule has 3 N–H and O–H groups in total. The minimum atomic E-state index is 0.174. The predicted octanol–water partition coefficient (Wildman–Crippen LogP) is 2.37. The maximum atomic E-state index is 5.75. The van der Waals surface area contributed by atoms with Crippen molar-refractivity contribution < 1.29 is 0 Å². The van der Waals surface area contributed by atoms with Gasteiger partial charge in [0, 0.05) is 17.1 Å². The maximum Gasteiger partial charge on any atom is 0.0581 e. The Balaban J connectivity index is 2.77. The number of aryl methyl sites for hydroxylation is 1. The molecule has 0 fully saturated rings. The third-order valence-corrected chi connectivity index (χ3v) is 3.32. The van der Waals surface area contributed by atoms with E-state index in [0.717, 1.165) is 4.47 Å². The van der Waals surface area contributed by atoms with Crippen molar-refractivity contribution in [3.8, 4) is 11.8 Å². The third-order valence-electron chi connectivity index (χ3n) is 2.43. The molecule has 0 heterocycles. The van der Waals surface area contributed by atoms with Crippen molar-refractivity contribution in [1.29, 1.82) is 0 Å². The summed E-state index contributed by atoms with van der Waals surface area (Å²) in [4.78, 5) is 0. The fourth-order valence-electron chi connectivity index (χ4n) is 1.48. The Hall–Kier alpha value is -0.820. The Labute approximate surface area is 106 Å². The van der Waals surface area contributed by atoms with E-state index in [9.17, 15) is 0 Å². The minimum absolute atomic E-state index is 0.174. The Morgan fingerprint density at radius 3 is 2.81 bits per heavy atom. The molecule has 0 saturated heterocycles. The first-order valence-electron chi connectivity index (χ1n) is 5.28. The van der Waals surface area contributed by atoms with Crippen molar-refractivity contribution in [2.45, 2.75) is 19.9 Å². The topological polar surface area (TPSA) is 38.0 Å². The van der Waals surface area contributed by atoms with Crippen molar-refractivity contribution in [3.63, 3.8) is 0 Å². The van der Waals surface area contributed by atoms with Gasteiger partial charge in [0.1, 0.15) is 0 Å². The summed E-state index contributed by atoms with van der Waals surface area (Å²) in [7, 11) is 0. The van der Waals surface area contributed by atoms with Crippen LogP contribution in [0.25, 0.3) is 0 Å². The molecule has 16 heavy (non-hydrogen) atoms. The molecule has 1 atom stereocenters. The first-order valence-corrected chi connectivity index (χ1v) is 6.07. The highest BCUT2D eigenvalue weighted by Crippen LogP contribution is 2.20. The Bertz CT molecular complexity index is 404. The maximum absolute atomic E-state index is 5.75. The van der Waals surface area contributed by atoms with E-state index in [0.29, 0.717) is 13.1 Å². The SMILES string of the molecule is CC#CCNC(CN)c1ccc(Br)c(C)c1. The zero-order valence-corrected chi connectivity index (χ0v) is 11.3. The molecule has 3 heteroatoms. The lowest BCUT2D eigenvalue weighted by atomic mass is 10.0. The van der Waals surface area contributed by atoms with E-state index in [-0.39, 0.29) is 6.04 Å². The zero-order chi connectivity index (χ0) is 12.0. The number of nitrogens with two attached hydrogens (primary N) is 1. The highest BCUT2D eigenvalue weighted by molar-refractivity contribution is 9.10. The van der Waals surface area contributed by atoms with E-state index in [1.807, 2.05) is 6.92 Å². The van der Waals surface area contributed by atoms with Crippen LogP contribution < -0.4 is 11.1 Å². The Kier molecular flexibility index (Phi) is 5.54. The Morgan fingerprint density at radius 1 is 1.50 bits per heavy atom. The summed E-state index contributed by atoms with van der Waals surface area (Å²) in [6.45, 7) is 5.16. The normalized spacial score (nSPS) is 11.8. The van der Waals surface area contributed by atoms with E-state index in [1.54, 1.807) is 0 Å². The highest BCUT2D eigenvalue weighted by Gasteiger charge is 2.08. The van der Waals surface area contributed by atoms with Gasteiger partial charge >= 0.3 is 0 Å². The predicted molar refractivity (Wildman–Crippen MR) is 72.1 cm³/mol. The van der Waals surface area contributed by atoms with Gasteiger partial charge in [0.15, 0.2) is 0 Å².